The molecule has 0 aliphatic carbocycles. The summed E-state index contributed by atoms with van der Waals surface area (Å²) in [6, 6.07) is 22.5. The summed E-state index contributed by atoms with van der Waals surface area (Å²) in [6.45, 7) is 2.51. The fraction of sp³-hybridized carbons (Fsp3) is 0.320. The lowest BCUT2D eigenvalue weighted by molar-refractivity contribution is -0.123. The molecule has 0 spiro atoms. The number of benzene rings is 2. The lowest BCUT2D eigenvalue weighted by Crippen LogP contribution is -2.44. The molecule has 2 aromatic carbocycles. The van der Waals surface area contributed by atoms with Gasteiger partial charge in [-0.15, -0.1) is 10.2 Å². The number of piperidine rings is 1. The predicted octanol–water partition coefficient (Wildman–Crippen LogP) is 4.34. The molecule has 1 amide bonds. The number of para-hydroxylation sites is 1. The van der Waals surface area contributed by atoms with E-state index in [0.717, 1.165) is 68.1 Å². The van der Waals surface area contributed by atoms with Crippen molar-refractivity contribution in [1.82, 2.24) is 10.2 Å². The van der Waals surface area contributed by atoms with Gasteiger partial charge in [0, 0.05) is 36.8 Å². The van der Waals surface area contributed by atoms with Crippen molar-refractivity contribution >= 4 is 17.4 Å². The summed E-state index contributed by atoms with van der Waals surface area (Å²) in [7, 11) is 0. The number of hydrogen-bond acceptors (Lipinski definition) is 4. The molecule has 0 atom stereocenters. The van der Waals surface area contributed by atoms with Crippen LogP contribution in [0.25, 0.3) is 11.3 Å². The van der Waals surface area contributed by atoms with Gasteiger partial charge in [0.15, 0.2) is 5.82 Å². The topological polar surface area (TPSA) is 49.3 Å². The summed E-state index contributed by atoms with van der Waals surface area (Å²) < 4.78 is 0. The van der Waals surface area contributed by atoms with Crippen molar-refractivity contribution in [3.05, 3.63) is 72.3 Å². The molecule has 2 aliphatic heterocycles. The molecule has 5 nitrogen and oxygen atoms in total. The molecule has 1 aromatic heterocycles. The molecular formula is C25H26N4O. The van der Waals surface area contributed by atoms with Crippen LogP contribution in [0.1, 0.15) is 24.8 Å². The number of hydrogen-bond donors (Lipinski definition) is 0. The van der Waals surface area contributed by atoms with Gasteiger partial charge in [0.25, 0.3) is 0 Å². The van der Waals surface area contributed by atoms with E-state index in [1.807, 2.05) is 53.4 Å². The number of carbonyl (C=O) groups excluding carboxylic acids is 1. The van der Waals surface area contributed by atoms with Gasteiger partial charge in [0.2, 0.25) is 5.91 Å². The molecule has 0 radical (unpaired) electrons. The quantitative estimate of drug-likeness (QED) is 0.659. The van der Waals surface area contributed by atoms with Gasteiger partial charge >= 0.3 is 0 Å². The molecule has 152 valence electrons. The second-order valence-corrected chi connectivity index (χ2v) is 8.13. The van der Waals surface area contributed by atoms with Gasteiger partial charge in [-0.2, -0.15) is 0 Å². The number of aryl methyl sites for hydroxylation is 1. The molecule has 3 aromatic rings. The van der Waals surface area contributed by atoms with E-state index < -0.39 is 0 Å². The van der Waals surface area contributed by atoms with Crippen LogP contribution in [0.4, 0.5) is 11.5 Å². The lowest BCUT2D eigenvalue weighted by atomic mass is 9.93. The minimum absolute atomic E-state index is 0.0870. The third kappa shape index (κ3) is 3.67. The average Bonchev–Trinajstić information content (AvgIpc) is 2.84. The fourth-order valence-electron chi connectivity index (χ4n) is 4.60. The van der Waals surface area contributed by atoms with Crippen LogP contribution in [-0.2, 0) is 11.2 Å². The molecule has 1 fully saturated rings. The minimum atomic E-state index is 0.0870. The van der Waals surface area contributed by atoms with E-state index in [4.69, 9.17) is 0 Å². The van der Waals surface area contributed by atoms with E-state index in [2.05, 4.69) is 33.3 Å². The molecule has 0 unspecified atom stereocenters. The first-order chi connectivity index (χ1) is 14.8. The van der Waals surface area contributed by atoms with Gasteiger partial charge in [-0.25, -0.2) is 0 Å². The van der Waals surface area contributed by atoms with E-state index in [9.17, 15) is 4.79 Å². The van der Waals surface area contributed by atoms with Crippen LogP contribution in [0.15, 0.2) is 66.7 Å². The normalized spacial score (nSPS) is 16.9. The summed E-state index contributed by atoms with van der Waals surface area (Å²) >= 11 is 0. The monoisotopic (exact) mass is 398 g/mol. The Kier molecular flexibility index (Phi) is 5.18. The van der Waals surface area contributed by atoms with Gasteiger partial charge in [-0.05, 0) is 49.4 Å². The van der Waals surface area contributed by atoms with Crippen LogP contribution >= 0.6 is 0 Å². The van der Waals surface area contributed by atoms with Crippen molar-refractivity contribution in [2.45, 2.75) is 25.7 Å². The number of fused-ring (bicyclic) bond motifs is 1. The maximum atomic E-state index is 13.2. The number of carbonyl (C=O) groups is 1. The van der Waals surface area contributed by atoms with E-state index in [1.54, 1.807) is 0 Å². The molecule has 0 N–H and O–H groups in total. The summed E-state index contributed by atoms with van der Waals surface area (Å²) in [5, 5.41) is 8.86. The van der Waals surface area contributed by atoms with Crippen molar-refractivity contribution in [3.8, 4) is 11.3 Å². The van der Waals surface area contributed by atoms with Crippen molar-refractivity contribution in [2.75, 3.05) is 29.4 Å². The Balaban J connectivity index is 1.23. The van der Waals surface area contributed by atoms with E-state index >= 15 is 0 Å². The third-order valence-electron chi connectivity index (χ3n) is 6.26. The molecule has 5 rings (SSSR count). The number of rotatable bonds is 3. The van der Waals surface area contributed by atoms with Crippen molar-refractivity contribution in [3.63, 3.8) is 0 Å². The van der Waals surface area contributed by atoms with Crippen LogP contribution < -0.4 is 9.80 Å². The third-order valence-corrected chi connectivity index (χ3v) is 6.26. The van der Waals surface area contributed by atoms with Gasteiger partial charge in [0.1, 0.15) is 0 Å². The zero-order chi connectivity index (χ0) is 20.3. The van der Waals surface area contributed by atoms with Crippen molar-refractivity contribution in [2.24, 2.45) is 5.92 Å². The molecule has 0 saturated carbocycles. The van der Waals surface area contributed by atoms with Gasteiger partial charge in [-0.3, -0.25) is 4.79 Å². The second kappa shape index (κ2) is 8.27. The zero-order valence-electron chi connectivity index (χ0n) is 17.1. The molecule has 30 heavy (non-hydrogen) atoms. The number of amides is 1. The van der Waals surface area contributed by atoms with Crippen LogP contribution in [0.5, 0.6) is 0 Å². The summed E-state index contributed by atoms with van der Waals surface area (Å²) in [4.78, 5) is 17.5. The van der Waals surface area contributed by atoms with Gasteiger partial charge in [-0.1, -0.05) is 48.5 Å². The smallest absolute Gasteiger partial charge is 0.230 e. The molecule has 3 heterocycles. The number of aromatic nitrogens is 2. The predicted molar refractivity (Wildman–Crippen MR) is 120 cm³/mol. The highest BCUT2D eigenvalue weighted by Crippen LogP contribution is 2.31. The standard InChI is InChI=1S/C25H26N4O/c30-25(29-16-6-10-20-9-4-5-11-23(20)29)21-14-17-28(18-15-21)24-13-12-22(26-27-24)19-7-2-1-3-8-19/h1-5,7-9,11-13,21H,6,10,14-18H2. The average molecular weight is 399 g/mol. The molecule has 1 saturated heterocycles. The first-order valence-electron chi connectivity index (χ1n) is 10.8. The van der Waals surface area contributed by atoms with E-state index in [0.29, 0.717) is 0 Å². The van der Waals surface area contributed by atoms with Crippen molar-refractivity contribution < 1.29 is 4.79 Å². The highest BCUT2D eigenvalue weighted by molar-refractivity contribution is 5.96. The van der Waals surface area contributed by atoms with Crippen molar-refractivity contribution in [1.29, 1.82) is 0 Å². The zero-order valence-corrected chi connectivity index (χ0v) is 17.1. The van der Waals surface area contributed by atoms with Crippen LogP contribution in [0.2, 0.25) is 0 Å². The Hall–Kier alpha value is -3.21. The largest absolute Gasteiger partial charge is 0.355 e. The highest BCUT2D eigenvalue weighted by atomic mass is 16.2. The maximum Gasteiger partial charge on any atom is 0.230 e. The first kappa shape index (κ1) is 18.8. The number of anilines is 2. The Bertz CT molecular complexity index is 1010. The fourth-order valence-corrected chi connectivity index (χ4v) is 4.60. The SMILES string of the molecule is O=C(C1CCN(c2ccc(-c3ccccc3)nn2)CC1)N1CCCc2ccccc21. The van der Waals surface area contributed by atoms with Gasteiger partial charge < -0.3 is 9.80 Å². The Labute approximate surface area is 177 Å². The lowest BCUT2D eigenvalue weighted by Gasteiger charge is -2.36. The molecule has 0 bridgehead atoms. The van der Waals surface area contributed by atoms with E-state index in [-0.39, 0.29) is 11.8 Å². The highest BCUT2D eigenvalue weighted by Gasteiger charge is 2.31. The minimum Gasteiger partial charge on any atom is -0.355 e. The Morgan fingerprint density at radius 1 is 0.833 bits per heavy atom. The Morgan fingerprint density at radius 3 is 2.37 bits per heavy atom. The first-order valence-corrected chi connectivity index (χ1v) is 10.8. The second-order valence-electron chi connectivity index (χ2n) is 8.13. The van der Waals surface area contributed by atoms with Crippen LogP contribution in [-0.4, -0.2) is 35.7 Å². The summed E-state index contributed by atoms with van der Waals surface area (Å²) in [5.74, 6) is 1.26. The van der Waals surface area contributed by atoms with E-state index in [1.165, 1.54) is 5.56 Å². The molecular weight excluding hydrogens is 372 g/mol. The summed E-state index contributed by atoms with van der Waals surface area (Å²) in [6.07, 6.45) is 3.83. The van der Waals surface area contributed by atoms with Crippen LogP contribution in [0, 0.1) is 5.92 Å². The molecule has 2 aliphatic rings. The van der Waals surface area contributed by atoms with Crippen LogP contribution in [0.3, 0.4) is 0 Å². The van der Waals surface area contributed by atoms with Gasteiger partial charge in [0.05, 0.1) is 5.69 Å². The summed E-state index contributed by atoms with van der Waals surface area (Å²) in [5.41, 5.74) is 4.36. The molecule has 5 heteroatoms. The maximum absolute atomic E-state index is 13.2. The number of nitrogens with zero attached hydrogens (tertiary/aromatic N) is 4. The Morgan fingerprint density at radius 2 is 1.60 bits per heavy atom.